The van der Waals surface area contributed by atoms with E-state index in [1.54, 1.807) is 0 Å². The lowest BCUT2D eigenvalue weighted by atomic mass is 10.2. The number of unbranched alkanes of at least 4 members (excludes halogenated alkanes) is 3. The SMILES string of the molecule is Cn1cccc1CC(=O)NNC(=O)NCCCCCCNC(=O)NNC(=O)Cc1cccn1C. The van der Waals surface area contributed by atoms with E-state index >= 15 is 0 Å². The van der Waals surface area contributed by atoms with Crippen molar-refractivity contribution in [2.24, 2.45) is 14.1 Å². The third kappa shape index (κ3) is 10.1. The zero-order chi connectivity index (χ0) is 24.8. The molecule has 0 saturated carbocycles. The van der Waals surface area contributed by atoms with E-state index in [0.717, 1.165) is 37.1 Å². The van der Waals surface area contributed by atoms with Gasteiger partial charge in [-0.25, -0.2) is 20.4 Å². The van der Waals surface area contributed by atoms with Crippen LogP contribution in [-0.4, -0.2) is 46.1 Å². The van der Waals surface area contributed by atoms with Crippen molar-refractivity contribution in [3.05, 3.63) is 48.0 Å². The first kappa shape index (κ1) is 26.3. The van der Waals surface area contributed by atoms with Gasteiger partial charge in [-0.1, -0.05) is 12.8 Å². The Hall–Kier alpha value is -3.96. The highest BCUT2D eigenvalue weighted by molar-refractivity contribution is 5.82. The number of carbonyl (C=O) groups is 4. The molecule has 2 rings (SSSR count). The van der Waals surface area contributed by atoms with Crippen LogP contribution in [0, 0.1) is 0 Å². The molecule has 34 heavy (non-hydrogen) atoms. The van der Waals surface area contributed by atoms with E-state index < -0.39 is 12.1 Å². The number of nitrogens with one attached hydrogen (secondary N) is 6. The average Bonchev–Trinajstić information content (AvgIpc) is 3.40. The molecule has 0 fully saturated rings. The fourth-order valence-corrected chi connectivity index (χ4v) is 3.13. The molecule has 2 heterocycles. The molecule has 0 atom stereocenters. The van der Waals surface area contributed by atoms with E-state index in [9.17, 15) is 19.2 Å². The predicted molar refractivity (Wildman–Crippen MR) is 126 cm³/mol. The lowest BCUT2D eigenvalue weighted by Gasteiger charge is -2.10. The highest BCUT2D eigenvalue weighted by Gasteiger charge is 2.08. The molecule has 0 saturated heterocycles. The van der Waals surface area contributed by atoms with Crippen LogP contribution < -0.4 is 32.3 Å². The van der Waals surface area contributed by atoms with Gasteiger partial charge >= 0.3 is 12.1 Å². The number of aromatic nitrogens is 2. The van der Waals surface area contributed by atoms with Crippen LogP contribution in [0.5, 0.6) is 0 Å². The molecule has 0 radical (unpaired) electrons. The summed E-state index contributed by atoms with van der Waals surface area (Å²) in [4.78, 5) is 47.1. The molecule has 0 aliphatic carbocycles. The summed E-state index contributed by atoms with van der Waals surface area (Å²) in [5, 5.41) is 5.34. The van der Waals surface area contributed by atoms with Gasteiger partial charge < -0.3 is 19.8 Å². The van der Waals surface area contributed by atoms with Gasteiger partial charge in [-0.3, -0.25) is 20.4 Å². The van der Waals surface area contributed by atoms with Crippen LogP contribution in [0.15, 0.2) is 36.7 Å². The minimum absolute atomic E-state index is 0.176. The normalized spacial score (nSPS) is 10.3. The van der Waals surface area contributed by atoms with Crippen molar-refractivity contribution in [3.63, 3.8) is 0 Å². The van der Waals surface area contributed by atoms with Crippen molar-refractivity contribution in [2.45, 2.75) is 38.5 Å². The second kappa shape index (κ2) is 14.2. The Balaban J connectivity index is 1.40. The molecule has 2 aromatic heterocycles. The number of rotatable bonds is 11. The summed E-state index contributed by atoms with van der Waals surface area (Å²) in [5.41, 5.74) is 11.1. The minimum Gasteiger partial charge on any atom is -0.354 e. The van der Waals surface area contributed by atoms with E-state index in [0.29, 0.717) is 13.1 Å². The third-order valence-electron chi connectivity index (χ3n) is 5.09. The number of carbonyl (C=O) groups excluding carboxylic acids is 4. The molecule has 6 amide bonds. The smallest absolute Gasteiger partial charge is 0.333 e. The fraction of sp³-hybridized carbons (Fsp3) is 0.455. The number of hydrogen-bond acceptors (Lipinski definition) is 4. The van der Waals surface area contributed by atoms with E-state index in [-0.39, 0.29) is 24.7 Å². The van der Waals surface area contributed by atoms with Crippen LogP contribution in [0.2, 0.25) is 0 Å². The Morgan fingerprint density at radius 1 is 0.647 bits per heavy atom. The Bertz CT molecular complexity index is 876. The van der Waals surface area contributed by atoms with Crippen molar-refractivity contribution >= 4 is 23.9 Å². The second-order valence-electron chi connectivity index (χ2n) is 7.85. The van der Waals surface area contributed by atoms with Gasteiger partial charge in [0, 0.05) is 51.0 Å². The Morgan fingerprint density at radius 3 is 1.41 bits per heavy atom. The highest BCUT2D eigenvalue weighted by atomic mass is 16.2. The number of hydrogen-bond donors (Lipinski definition) is 6. The maximum absolute atomic E-state index is 11.8. The summed E-state index contributed by atoms with van der Waals surface area (Å²) in [6.07, 6.45) is 7.33. The van der Waals surface area contributed by atoms with Gasteiger partial charge in [0.2, 0.25) is 11.8 Å². The van der Waals surface area contributed by atoms with Crippen LogP contribution in [0.4, 0.5) is 9.59 Å². The van der Waals surface area contributed by atoms with Crippen molar-refractivity contribution in [1.82, 2.24) is 41.5 Å². The van der Waals surface area contributed by atoms with E-state index in [2.05, 4.69) is 32.3 Å². The Kier molecular flexibility index (Phi) is 11.0. The van der Waals surface area contributed by atoms with E-state index in [1.165, 1.54) is 0 Å². The number of urea groups is 2. The first-order valence-corrected chi connectivity index (χ1v) is 11.2. The van der Waals surface area contributed by atoms with Gasteiger partial charge in [0.1, 0.15) is 0 Å². The minimum atomic E-state index is -0.465. The summed E-state index contributed by atoms with van der Waals surface area (Å²) < 4.78 is 3.68. The van der Waals surface area contributed by atoms with Crippen LogP contribution >= 0.6 is 0 Å². The highest BCUT2D eigenvalue weighted by Crippen LogP contribution is 2.01. The van der Waals surface area contributed by atoms with E-state index in [4.69, 9.17) is 0 Å². The number of nitrogens with zero attached hydrogens (tertiary/aromatic N) is 2. The van der Waals surface area contributed by atoms with Gasteiger partial charge in [-0.2, -0.15) is 0 Å². The zero-order valence-corrected chi connectivity index (χ0v) is 19.6. The molecule has 186 valence electrons. The molecule has 0 unspecified atom stereocenters. The molecule has 0 bridgehead atoms. The second-order valence-corrected chi connectivity index (χ2v) is 7.85. The third-order valence-corrected chi connectivity index (χ3v) is 5.09. The molecule has 12 nitrogen and oxygen atoms in total. The van der Waals surface area contributed by atoms with Gasteiger partial charge in [0.25, 0.3) is 0 Å². The van der Waals surface area contributed by atoms with Crippen molar-refractivity contribution in [1.29, 1.82) is 0 Å². The van der Waals surface area contributed by atoms with Crippen molar-refractivity contribution < 1.29 is 19.2 Å². The monoisotopic (exact) mass is 474 g/mol. The Labute approximate surface area is 198 Å². The van der Waals surface area contributed by atoms with Crippen LogP contribution in [0.25, 0.3) is 0 Å². The predicted octanol–water partition coefficient (Wildman–Crippen LogP) is 0.370. The van der Waals surface area contributed by atoms with Gasteiger partial charge in [0.05, 0.1) is 12.8 Å². The lowest BCUT2D eigenvalue weighted by Crippen LogP contribution is -2.47. The average molecular weight is 475 g/mol. The topological polar surface area (TPSA) is 150 Å². The maximum atomic E-state index is 11.8. The molecule has 6 N–H and O–H groups in total. The van der Waals surface area contributed by atoms with Gasteiger partial charge in [-0.05, 0) is 37.1 Å². The van der Waals surface area contributed by atoms with E-state index in [1.807, 2.05) is 59.9 Å². The largest absolute Gasteiger partial charge is 0.354 e. The summed E-state index contributed by atoms with van der Waals surface area (Å²) in [6, 6.07) is 6.45. The summed E-state index contributed by atoms with van der Waals surface area (Å²) in [6.45, 7) is 0.946. The number of aryl methyl sites for hydroxylation is 2. The number of amides is 6. The molecular formula is C22H34N8O4. The maximum Gasteiger partial charge on any atom is 0.333 e. The first-order valence-electron chi connectivity index (χ1n) is 11.2. The molecule has 0 aliphatic heterocycles. The molecule has 0 aromatic carbocycles. The fourth-order valence-electron chi connectivity index (χ4n) is 3.13. The summed E-state index contributed by atoms with van der Waals surface area (Å²) >= 11 is 0. The van der Waals surface area contributed by atoms with Crippen molar-refractivity contribution in [3.8, 4) is 0 Å². The zero-order valence-electron chi connectivity index (χ0n) is 19.6. The first-order chi connectivity index (χ1) is 16.3. The molecular weight excluding hydrogens is 440 g/mol. The Morgan fingerprint density at radius 2 is 1.06 bits per heavy atom. The quantitative estimate of drug-likeness (QED) is 0.206. The van der Waals surface area contributed by atoms with Crippen LogP contribution in [0.3, 0.4) is 0 Å². The van der Waals surface area contributed by atoms with Crippen LogP contribution in [-0.2, 0) is 36.5 Å². The summed E-state index contributed by atoms with van der Waals surface area (Å²) in [7, 11) is 3.70. The van der Waals surface area contributed by atoms with Crippen molar-refractivity contribution in [2.75, 3.05) is 13.1 Å². The van der Waals surface area contributed by atoms with Gasteiger partial charge in [-0.15, -0.1) is 0 Å². The number of hydrazine groups is 2. The molecule has 0 spiro atoms. The molecule has 0 aliphatic rings. The molecule has 2 aromatic rings. The lowest BCUT2D eigenvalue weighted by molar-refractivity contribution is -0.122. The molecule has 12 heteroatoms. The standard InChI is InChI=1S/C22H34N8O4/c1-29-13-7-9-17(29)15-19(31)25-27-21(33)23-11-5-3-4-6-12-24-22(34)28-26-20(32)16-18-10-8-14-30(18)2/h7-10,13-14H,3-6,11-12,15-16H2,1-2H3,(H,25,31)(H,26,32)(H2,23,27,33)(H2,24,28,34). The van der Waals surface area contributed by atoms with Gasteiger partial charge in [0.15, 0.2) is 0 Å². The van der Waals surface area contributed by atoms with Crippen LogP contribution in [0.1, 0.15) is 37.1 Å². The summed E-state index contributed by atoms with van der Waals surface area (Å²) in [5.74, 6) is -0.603.